The number of benzene rings is 1. The summed E-state index contributed by atoms with van der Waals surface area (Å²) in [6, 6.07) is 6.54. The molecule has 6 N–H and O–H groups in total. The minimum absolute atomic E-state index is 0.0548. The van der Waals surface area contributed by atoms with E-state index in [9.17, 15) is 5.11 Å². The van der Waals surface area contributed by atoms with Crippen LogP contribution in [0.1, 0.15) is 75.8 Å². The molecule has 8 heteroatoms. The highest BCUT2D eigenvalue weighted by Crippen LogP contribution is 2.34. The third-order valence-corrected chi connectivity index (χ3v) is 7.97. The minimum Gasteiger partial charge on any atom is -0.494 e. The molecule has 3 aromatic rings. The molecule has 0 bridgehead atoms. The molecular weight excluding hydrogens is 462 g/mol. The number of aromatic amines is 1. The minimum atomic E-state index is -0.231. The summed E-state index contributed by atoms with van der Waals surface area (Å²) >= 11 is 0. The van der Waals surface area contributed by atoms with Gasteiger partial charge < -0.3 is 31.4 Å². The zero-order chi connectivity index (χ0) is 25.8. The number of hydrogen-bond donors (Lipinski definition) is 5. The van der Waals surface area contributed by atoms with E-state index in [1.807, 2.05) is 0 Å². The predicted octanol–water partition coefficient (Wildman–Crippen LogP) is 6.03. The summed E-state index contributed by atoms with van der Waals surface area (Å²) in [5, 5.41) is 18.0. The number of anilines is 3. The highest BCUT2D eigenvalue weighted by Gasteiger charge is 2.27. The summed E-state index contributed by atoms with van der Waals surface area (Å²) in [5.74, 6) is 1.13. The fraction of sp³-hybridized carbons (Fsp3) is 0.517. The number of aromatic nitrogens is 3. The van der Waals surface area contributed by atoms with Gasteiger partial charge in [0.05, 0.1) is 5.52 Å². The van der Waals surface area contributed by atoms with E-state index in [0.29, 0.717) is 29.2 Å². The summed E-state index contributed by atoms with van der Waals surface area (Å²) in [6.07, 6.45) is 14.6. The van der Waals surface area contributed by atoms with Crippen LogP contribution in [0.2, 0.25) is 0 Å². The quantitative estimate of drug-likeness (QED) is 0.267. The molecule has 0 atom stereocenters. The lowest BCUT2D eigenvalue weighted by Crippen LogP contribution is -2.47. The maximum Gasteiger partial charge on any atom is 0.225 e. The third kappa shape index (κ3) is 5.69. The maximum absolute atomic E-state index is 10.6. The molecule has 0 amide bonds. The van der Waals surface area contributed by atoms with E-state index in [0.717, 1.165) is 50.0 Å². The number of rotatable bonds is 7. The first kappa shape index (κ1) is 25.4. The Morgan fingerprint density at radius 2 is 1.84 bits per heavy atom. The molecule has 1 aliphatic heterocycles. The topological polar surface area (TPSA) is 115 Å². The van der Waals surface area contributed by atoms with Gasteiger partial charge in [-0.2, -0.15) is 4.98 Å². The van der Waals surface area contributed by atoms with Crippen LogP contribution in [0.5, 0.6) is 5.88 Å². The van der Waals surface area contributed by atoms with Crippen molar-refractivity contribution in [2.24, 2.45) is 5.73 Å². The molecule has 37 heavy (non-hydrogen) atoms. The monoisotopic (exact) mass is 503 g/mol. The van der Waals surface area contributed by atoms with Crippen LogP contribution in [-0.2, 0) is 0 Å². The molecule has 1 saturated carbocycles. The number of nitrogens with one attached hydrogen (secondary N) is 3. The normalized spacial score (nSPS) is 18.6. The Morgan fingerprint density at radius 1 is 1.11 bits per heavy atom. The van der Waals surface area contributed by atoms with Crippen LogP contribution in [0, 0.1) is 6.92 Å². The summed E-state index contributed by atoms with van der Waals surface area (Å²) in [4.78, 5) is 14.8. The molecule has 0 unspecified atom stereocenters. The number of hydrogen-bond acceptors (Lipinski definition) is 7. The fourth-order valence-corrected chi connectivity index (χ4v) is 5.77. The van der Waals surface area contributed by atoms with Crippen molar-refractivity contribution in [1.29, 1.82) is 0 Å². The van der Waals surface area contributed by atoms with Gasteiger partial charge in [-0.3, -0.25) is 0 Å². The molecule has 1 aliphatic carbocycles. The van der Waals surface area contributed by atoms with Gasteiger partial charge in [-0.1, -0.05) is 50.3 Å². The predicted molar refractivity (Wildman–Crippen MR) is 152 cm³/mol. The molecule has 2 aliphatic rings. The fourth-order valence-electron chi connectivity index (χ4n) is 5.77. The average Bonchev–Trinajstić information content (AvgIpc) is 3.09. The summed E-state index contributed by atoms with van der Waals surface area (Å²) in [5.41, 5.74) is 11.6. The zero-order valence-corrected chi connectivity index (χ0v) is 22.2. The molecule has 2 fully saturated rings. The Balaban J connectivity index is 1.43. The largest absolute Gasteiger partial charge is 0.494 e. The smallest absolute Gasteiger partial charge is 0.225 e. The first-order valence-electron chi connectivity index (χ1n) is 13.9. The second kappa shape index (κ2) is 11.0. The number of nitrogens with two attached hydrogens (primary N) is 1. The molecule has 3 heterocycles. The highest BCUT2D eigenvalue weighted by atomic mass is 16.3. The van der Waals surface area contributed by atoms with Gasteiger partial charge in [-0.05, 0) is 56.7 Å². The van der Waals surface area contributed by atoms with Crippen LogP contribution >= 0.6 is 0 Å². The van der Waals surface area contributed by atoms with Crippen molar-refractivity contribution in [1.82, 2.24) is 19.9 Å². The second-order valence-electron chi connectivity index (χ2n) is 10.8. The standard InChI is InChI=1S/C29H41N7O/c1-3-24(36-15-9-4-5-10-16-36)21-12-11-20(2)22(17-21)33-26-25-23(18-31-27(25)37)34-28(35-26)32-19-29(30)13-7-6-8-14-29/h3,11-12,17-18,31,37H,4-10,13-16,19,30H2,1-2H3,(H2,32,33,34,35). The van der Waals surface area contributed by atoms with Gasteiger partial charge in [0.25, 0.3) is 0 Å². The highest BCUT2D eigenvalue weighted by molar-refractivity contribution is 5.96. The first-order valence-corrected chi connectivity index (χ1v) is 13.9. The lowest BCUT2D eigenvalue weighted by atomic mass is 9.82. The number of nitrogens with zero attached hydrogens (tertiary/aromatic N) is 3. The molecule has 1 saturated heterocycles. The van der Waals surface area contributed by atoms with Crippen molar-refractivity contribution in [2.75, 3.05) is 30.3 Å². The van der Waals surface area contributed by atoms with E-state index in [4.69, 9.17) is 10.7 Å². The Kier molecular flexibility index (Phi) is 7.55. The number of likely N-dealkylation sites (tertiary alicyclic amines) is 1. The van der Waals surface area contributed by atoms with E-state index >= 15 is 0 Å². The van der Waals surface area contributed by atoms with Gasteiger partial charge >= 0.3 is 0 Å². The molecule has 0 radical (unpaired) electrons. The Labute approximate surface area is 219 Å². The van der Waals surface area contributed by atoms with Crippen molar-refractivity contribution in [3.05, 3.63) is 41.6 Å². The second-order valence-corrected chi connectivity index (χ2v) is 10.8. The summed E-state index contributed by atoms with van der Waals surface area (Å²) in [6.45, 7) is 7.02. The maximum atomic E-state index is 10.6. The van der Waals surface area contributed by atoms with Crippen LogP contribution in [0.4, 0.5) is 17.5 Å². The number of H-pyrrole nitrogens is 1. The SMILES string of the molecule is CC=C(c1ccc(C)c(Nc2nc(NCC3(N)CCCCC3)nc3c[nH]c(O)c23)c1)N1CCCCCC1. The van der Waals surface area contributed by atoms with E-state index in [1.165, 1.54) is 43.4 Å². The number of allylic oxidation sites excluding steroid dienone is 1. The molecule has 2 aromatic heterocycles. The van der Waals surface area contributed by atoms with Crippen LogP contribution in [0.25, 0.3) is 16.6 Å². The van der Waals surface area contributed by atoms with E-state index in [1.54, 1.807) is 6.20 Å². The number of aryl methyl sites for hydroxylation is 1. The van der Waals surface area contributed by atoms with Crippen LogP contribution in [0.3, 0.4) is 0 Å². The van der Waals surface area contributed by atoms with Gasteiger partial charge in [0.1, 0.15) is 11.2 Å². The average molecular weight is 504 g/mol. The van der Waals surface area contributed by atoms with Crippen LogP contribution < -0.4 is 16.4 Å². The van der Waals surface area contributed by atoms with Crippen molar-refractivity contribution < 1.29 is 5.11 Å². The molecule has 1 aromatic carbocycles. The van der Waals surface area contributed by atoms with Gasteiger partial charge in [-0.15, -0.1) is 0 Å². The molecular formula is C29H41N7O. The Bertz CT molecular complexity index is 1250. The van der Waals surface area contributed by atoms with E-state index in [2.05, 4.69) is 63.6 Å². The summed E-state index contributed by atoms with van der Waals surface area (Å²) < 4.78 is 0. The summed E-state index contributed by atoms with van der Waals surface area (Å²) in [7, 11) is 0. The third-order valence-electron chi connectivity index (χ3n) is 7.97. The number of aromatic hydroxyl groups is 1. The van der Waals surface area contributed by atoms with Crippen molar-refractivity contribution >= 4 is 34.1 Å². The van der Waals surface area contributed by atoms with Gasteiger partial charge in [-0.25, -0.2) is 4.98 Å². The van der Waals surface area contributed by atoms with Gasteiger partial charge in [0.2, 0.25) is 11.8 Å². The van der Waals surface area contributed by atoms with Gasteiger partial charge in [0, 0.05) is 42.8 Å². The Hall–Kier alpha value is -3.26. The first-order chi connectivity index (χ1) is 18.0. The van der Waals surface area contributed by atoms with Crippen molar-refractivity contribution in [3.8, 4) is 5.88 Å². The lowest BCUT2D eigenvalue weighted by molar-refractivity contribution is 0.311. The van der Waals surface area contributed by atoms with Crippen molar-refractivity contribution in [2.45, 2.75) is 77.2 Å². The molecule has 0 spiro atoms. The van der Waals surface area contributed by atoms with Gasteiger partial charge in [0.15, 0.2) is 0 Å². The molecule has 5 rings (SSSR count). The Morgan fingerprint density at radius 3 is 2.57 bits per heavy atom. The van der Waals surface area contributed by atoms with E-state index in [-0.39, 0.29) is 11.4 Å². The number of fused-ring (bicyclic) bond motifs is 1. The van der Waals surface area contributed by atoms with E-state index < -0.39 is 0 Å². The van der Waals surface area contributed by atoms with Crippen LogP contribution in [-0.4, -0.2) is 50.1 Å². The van der Waals surface area contributed by atoms with Crippen molar-refractivity contribution in [3.63, 3.8) is 0 Å². The van der Waals surface area contributed by atoms with Crippen LogP contribution in [0.15, 0.2) is 30.5 Å². The zero-order valence-electron chi connectivity index (χ0n) is 22.2. The molecule has 8 nitrogen and oxygen atoms in total. The molecule has 198 valence electrons. The lowest BCUT2D eigenvalue weighted by Gasteiger charge is -2.33.